The Morgan fingerprint density at radius 1 is 1.20 bits per heavy atom. The molecule has 0 bridgehead atoms. The van der Waals surface area contributed by atoms with E-state index in [0.29, 0.717) is 5.82 Å². The molecule has 0 aliphatic heterocycles. The molecule has 2 aromatic heterocycles. The summed E-state index contributed by atoms with van der Waals surface area (Å²) in [5.41, 5.74) is 3.89. The standard InChI is InChI=1S/C19H17N5O/c1-13-4-2-3-5-17(13)24-18(8-9-21-24)22-19(25)11-14-6-7-15-12-20-23-16(15)10-14/h2-10,12H,11H2,1H3,(H,20,23)(H,22,25). The van der Waals surface area contributed by atoms with E-state index >= 15 is 0 Å². The third-order valence-corrected chi connectivity index (χ3v) is 4.12. The summed E-state index contributed by atoms with van der Waals surface area (Å²) in [5, 5.41) is 15.2. The number of aryl methyl sites for hydroxylation is 1. The zero-order valence-electron chi connectivity index (χ0n) is 13.7. The second-order valence-electron chi connectivity index (χ2n) is 5.93. The number of aromatic nitrogens is 4. The molecule has 4 aromatic rings. The first-order valence-corrected chi connectivity index (χ1v) is 8.02. The normalized spacial score (nSPS) is 10.9. The highest BCUT2D eigenvalue weighted by Gasteiger charge is 2.11. The molecule has 0 unspecified atom stereocenters. The third-order valence-electron chi connectivity index (χ3n) is 4.12. The summed E-state index contributed by atoms with van der Waals surface area (Å²) >= 11 is 0. The van der Waals surface area contributed by atoms with E-state index in [1.807, 2.05) is 49.4 Å². The van der Waals surface area contributed by atoms with Crippen LogP contribution >= 0.6 is 0 Å². The quantitative estimate of drug-likeness (QED) is 0.603. The summed E-state index contributed by atoms with van der Waals surface area (Å²) in [5.74, 6) is 0.566. The van der Waals surface area contributed by atoms with Gasteiger partial charge in [0, 0.05) is 11.5 Å². The number of para-hydroxylation sites is 1. The van der Waals surface area contributed by atoms with Crippen molar-refractivity contribution in [2.75, 3.05) is 5.32 Å². The molecule has 0 saturated heterocycles. The number of aromatic amines is 1. The average Bonchev–Trinajstić information content (AvgIpc) is 3.24. The van der Waals surface area contributed by atoms with Crippen molar-refractivity contribution in [2.24, 2.45) is 0 Å². The van der Waals surface area contributed by atoms with E-state index in [4.69, 9.17) is 0 Å². The number of benzene rings is 2. The Hall–Kier alpha value is -3.41. The smallest absolute Gasteiger partial charge is 0.229 e. The van der Waals surface area contributed by atoms with Gasteiger partial charge < -0.3 is 5.32 Å². The molecule has 124 valence electrons. The lowest BCUT2D eigenvalue weighted by Crippen LogP contribution is -2.17. The van der Waals surface area contributed by atoms with Crippen LogP contribution in [0, 0.1) is 6.92 Å². The molecule has 2 N–H and O–H groups in total. The number of carbonyl (C=O) groups excluding carboxylic acids is 1. The highest BCUT2D eigenvalue weighted by molar-refractivity contribution is 5.92. The summed E-state index contributed by atoms with van der Waals surface area (Å²) in [4.78, 5) is 12.4. The van der Waals surface area contributed by atoms with Gasteiger partial charge in [-0.25, -0.2) is 4.68 Å². The molecule has 0 spiro atoms. The summed E-state index contributed by atoms with van der Waals surface area (Å²) in [6.07, 6.45) is 3.73. The Morgan fingerprint density at radius 2 is 2.08 bits per heavy atom. The monoisotopic (exact) mass is 331 g/mol. The first-order valence-electron chi connectivity index (χ1n) is 8.02. The zero-order valence-corrected chi connectivity index (χ0v) is 13.7. The van der Waals surface area contributed by atoms with Crippen LogP contribution in [-0.4, -0.2) is 25.9 Å². The molecule has 2 heterocycles. The lowest BCUT2D eigenvalue weighted by molar-refractivity contribution is -0.115. The Bertz CT molecular complexity index is 1050. The van der Waals surface area contributed by atoms with Crippen molar-refractivity contribution in [3.8, 4) is 5.69 Å². The topological polar surface area (TPSA) is 75.6 Å². The van der Waals surface area contributed by atoms with Crippen LogP contribution in [0.2, 0.25) is 0 Å². The minimum atomic E-state index is -0.0887. The second kappa shape index (κ2) is 6.24. The van der Waals surface area contributed by atoms with Gasteiger partial charge in [0.25, 0.3) is 0 Å². The second-order valence-corrected chi connectivity index (χ2v) is 5.93. The van der Waals surface area contributed by atoms with Crippen molar-refractivity contribution in [3.05, 3.63) is 72.1 Å². The van der Waals surface area contributed by atoms with Gasteiger partial charge in [-0.1, -0.05) is 30.3 Å². The number of fused-ring (bicyclic) bond motifs is 1. The van der Waals surface area contributed by atoms with Gasteiger partial charge in [0.2, 0.25) is 5.91 Å². The zero-order chi connectivity index (χ0) is 17.2. The molecule has 0 saturated carbocycles. The van der Waals surface area contributed by atoms with Crippen LogP contribution in [0.15, 0.2) is 60.9 Å². The van der Waals surface area contributed by atoms with E-state index in [-0.39, 0.29) is 12.3 Å². The highest BCUT2D eigenvalue weighted by Crippen LogP contribution is 2.19. The van der Waals surface area contributed by atoms with Crippen molar-refractivity contribution in [2.45, 2.75) is 13.3 Å². The molecule has 4 rings (SSSR count). The maximum absolute atomic E-state index is 12.4. The van der Waals surface area contributed by atoms with Gasteiger partial charge in [-0.2, -0.15) is 10.2 Å². The number of nitrogens with zero attached hydrogens (tertiary/aromatic N) is 3. The van der Waals surface area contributed by atoms with Crippen LogP contribution in [0.5, 0.6) is 0 Å². The van der Waals surface area contributed by atoms with Gasteiger partial charge in [0.1, 0.15) is 5.82 Å². The van der Waals surface area contributed by atoms with Crippen LogP contribution in [0.25, 0.3) is 16.6 Å². The molecule has 25 heavy (non-hydrogen) atoms. The van der Waals surface area contributed by atoms with Gasteiger partial charge in [-0.15, -0.1) is 0 Å². The molecule has 1 amide bonds. The Labute approximate surface area is 144 Å². The number of anilines is 1. The third kappa shape index (κ3) is 3.01. The number of hydrogen-bond donors (Lipinski definition) is 2. The lowest BCUT2D eigenvalue weighted by Gasteiger charge is -2.11. The highest BCUT2D eigenvalue weighted by atomic mass is 16.1. The van der Waals surface area contributed by atoms with E-state index in [2.05, 4.69) is 20.6 Å². The summed E-state index contributed by atoms with van der Waals surface area (Å²) < 4.78 is 1.74. The van der Waals surface area contributed by atoms with Crippen molar-refractivity contribution >= 4 is 22.6 Å². The minimum absolute atomic E-state index is 0.0887. The van der Waals surface area contributed by atoms with Gasteiger partial charge in [-0.05, 0) is 30.2 Å². The maximum atomic E-state index is 12.4. The van der Waals surface area contributed by atoms with E-state index in [1.54, 1.807) is 23.1 Å². The molecule has 6 nitrogen and oxygen atoms in total. The van der Waals surface area contributed by atoms with Gasteiger partial charge in [-0.3, -0.25) is 9.89 Å². The first-order chi connectivity index (χ1) is 12.2. The molecule has 6 heteroatoms. The number of H-pyrrole nitrogens is 1. The van der Waals surface area contributed by atoms with E-state index in [1.165, 1.54) is 0 Å². The Morgan fingerprint density at radius 3 is 2.96 bits per heavy atom. The molecule has 0 atom stereocenters. The molecular weight excluding hydrogens is 314 g/mol. The molecule has 0 fully saturated rings. The van der Waals surface area contributed by atoms with Crippen LogP contribution in [-0.2, 0) is 11.2 Å². The fourth-order valence-corrected chi connectivity index (χ4v) is 2.86. The number of rotatable bonds is 4. The Balaban J connectivity index is 1.53. The van der Waals surface area contributed by atoms with Gasteiger partial charge in [0.15, 0.2) is 0 Å². The van der Waals surface area contributed by atoms with Crippen LogP contribution in [0.4, 0.5) is 5.82 Å². The molecular formula is C19H17N5O. The summed E-state index contributed by atoms with van der Waals surface area (Å²) in [6.45, 7) is 2.02. The molecule has 2 aromatic carbocycles. The number of nitrogens with one attached hydrogen (secondary N) is 2. The summed E-state index contributed by atoms with van der Waals surface area (Å²) in [6, 6.07) is 15.6. The van der Waals surface area contributed by atoms with Crippen LogP contribution in [0.1, 0.15) is 11.1 Å². The maximum Gasteiger partial charge on any atom is 0.229 e. The van der Waals surface area contributed by atoms with E-state index in [9.17, 15) is 4.79 Å². The van der Waals surface area contributed by atoms with E-state index < -0.39 is 0 Å². The predicted molar refractivity (Wildman–Crippen MR) is 96.7 cm³/mol. The van der Waals surface area contributed by atoms with Gasteiger partial charge >= 0.3 is 0 Å². The minimum Gasteiger partial charge on any atom is -0.310 e. The first kappa shape index (κ1) is 15.1. The number of hydrogen-bond acceptors (Lipinski definition) is 3. The van der Waals surface area contributed by atoms with Crippen LogP contribution < -0.4 is 5.32 Å². The largest absolute Gasteiger partial charge is 0.310 e. The van der Waals surface area contributed by atoms with Crippen molar-refractivity contribution in [1.29, 1.82) is 0 Å². The number of amides is 1. The van der Waals surface area contributed by atoms with E-state index in [0.717, 1.165) is 27.7 Å². The van der Waals surface area contributed by atoms with Crippen molar-refractivity contribution in [1.82, 2.24) is 20.0 Å². The lowest BCUT2D eigenvalue weighted by atomic mass is 10.1. The Kier molecular flexibility index (Phi) is 3.78. The SMILES string of the molecule is Cc1ccccc1-n1nccc1NC(=O)Cc1ccc2cn[nH]c2c1. The van der Waals surface area contributed by atoms with Crippen molar-refractivity contribution in [3.63, 3.8) is 0 Å². The molecule has 0 aliphatic rings. The predicted octanol–water partition coefficient (Wildman–Crippen LogP) is 3.24. The molecule has 0 aliphatic carbocycles. The van der Waals surface area contributed by atoms with Crippen LogP contribution in [0.3, 0.4) is 0 Å². The fraction of sp³-hybridized carbons (Fsp3) is 0.105. The summed E-state index contributed by atoms with van der Waals surface area (Å²) in [7, 11) is 0. The molecule has 0 radical (unpaired) electrons. The van der Waals surface area contributed by atoms with Crippen molar-refractivity contribution < 1.29 is 4.79 Å². The average molecular weight is 331 g/mol. The van der Waals surface area contributed by atoms with Gasteiger partial charge in [0.05, 0.1) is 30.0 Å². The fourth-order valence-electron chi connectivity index (χ4n) is 2.86. The number of carbonyl (C=O) groups is 1.